The van der Waals surface area contributed by atoms with Crippen molar-refractivity contribution >= 4 is 10.9 Å². The number of nitrogens with one attached hydrogen (secondary N) is 1. The molecule has 1 saturated heterocycles. The van der Waals surface area contributed by atoms with Crippen LogP contribution in [0.15, 0.2) is 55.0 Å². The fourth-order valence-electron chi connectivity index (χ4n) is 4.02. The maximum Gasteiger partial charge on any atom is 0.126 e. The summed E-state index contributed by atoms with van der Waals surface area (Å²) >= 11 is 0. The average Bonchev–Trinajstić information content (AvgIpc) is 3.28. The van der Waals surface area contributed by atoms with E-state index in [0.29, 0.717) is 0 Å². The summed E-state index contributed by atoms with van der Waals surface area (Å²) in [7, 11) is 1.69. The highest BCUT2D eigenvalue weighted by molar-refractivity contribution is 5.96. The molecular weight excluding hydrogens is 364 g/mol. The molecule has 0 radical (unpaired) electrons. The largest absolute Gasteiger partial charge is 0.496 e. The fraction of sp³-hybridized carbons (Fsp3) is 0.261. The Labute approximate surface area is 168 Å². The molecule has 0 unspecified atom stereocenters. The van der Waals surface area contributed by atoms with E-state index >= 15 is 0 Å². The first kappa shape index (κ1) is 17.8. The van der Waals surface area contributed by atoms with Crippen molar-refractivity contribution in [1.29, 1.82) is 0 Å². The van der Waals surface area contributed by atoms with Gasteiger partial charge in [0.05, 0.1) is 36.3 Å². The lowest BCUT2D eigenvalue weighted by atomic mass is 9.96. The van der Waals surface area contributed by atoms with Gasteiger partial charge in [-0.1, -0.05) is 30.3 Å². The minimum Gasteiger partial charge on any atom is -0.496 e. The molecule has 0 saturated carbocycles. The van der Waals surface area contributed by atoms with Gasteiger partial charge in [0.1, 0.15) is 12.1 Å². The predicted octanol–water partition coefficient (Wildman–Crippen LogP) is 4.94. The van der Waals surface area contributed by atoms with Crippen molar-refractivity contribution in [3.05, 3.63) is 60.6 Å². The van der Waals surface area contributed by atoms with Crippen LogP contribution in [0.3, 0.4) is 0 Å². The average molecular weight is 386 g/mol. The molecule has 29 heavy (non-hydrogen) atoms. The molecule has 6 nitrogen and oxygen atoms in total. The van der Waals surface area contributed by atoms with Gasteiger partial charge < -0.3 is 9.47 Å². The Kier molecular flexibility index (Phi) is 4.69. The van der Waals surface area contributed by atoms with Gasteiger partial charge in [-0.05, 0) is 25.3 Å². The van der Waals surface area contributed by atoms with E-state index in [-0.39, 0.29) is 6.10 Å². The third-order valence-electron chi connectivity index (χ3n) is 5.47. The van der Waals surface area contributed by atoms with Gasteiger partial charge in [0.15, 0.2) is 0 Å². The zero-order valence-corrected chi connectivity index (χ0v) is 16.3. The van der Waals surface area contributed by atoms with Gasteiger partial charge in [-0.25, -0.2) is 9.97 Å². The van der Waals surface area contributed by atoms with Crippen LogP contribution in [0.25, 0.3) is 33.4 Å². The van der Waals surface area contributed by atoms with E-state index in [1.807, 2.05) is 30.5 Å². The first-order chi connectivity index (χ1) is 14.3. The number of benzene rings is 2. The number of aromatic amines is 1. The molecule has 2 aromatic carbocycles. The van der Waals surface area contributed by atoms with Gasteiger partial charge in [0.2, 0.25) is 0 Å². The molecule has 2 aromatic heterocycles. The molecule has 0 aliphatic carbocycles. The van der Waals surface area contributed by atoms with Crippen molar-refractivity contribution in [2.75, 3.05) is 13.7 Å². The molecule has 1 fully saturated rings. The molecule has 1 aliphatic rings. The molecule has 6 heteroatoms. The maximum absolute atomic E-state index is 6.04. The number of methoxy groups -OCH3 is 1. The van der Waals surface area contributed by atoms with Crippen LogP contribution in [0, 0.1) is 0 Å². The van der Waals surface area contributed by atoms with Crippen LogP contribution in [0.5, 0.6) is 5.75 Å². The highest BCUT2D eigenvalue weighted by Gasteiger charge is 2.23. The van der Waals surface area contributed by atoms with E-state index in [1.165, 1.54) is 0 Å². The minimum atomic E-state index is 0.0362. The summed E-state index contributed by atoms with van der Waals surface area (Å²) in [5.41, 5.74) is 5.70. The first-order valence-electron chi connectivity index (χ1n) is 9.88. The van der Waals surface area contributed by atoms with Crippen LogP contribution in [0.4, 0.5) is 0 Å². The number of H-pyrrole nitrogens is 1. The number of nitrogens with zero attached hydrogens (tertiary/aromatic N) is 3. The second-order valence-electron chi connectivity index (χ2n) is 7.21. The number of hydrogen-bond acceptors (Lipinski definition) is 5. The van der Waals surface area contributed by atoms with E-state index < -0.39 is 0 Å². The Balaban J connectivity index is 1.69. The molecule has 146 valence electrons. The standard InChI is InChI=1S/C23H22N4O2/c1-28-21-12-19-16(11-17(21)20-9-5-6-10-29-20)23(25-14-24-19)18-13-26-27-22(18)15-7-3-2-4-8-15/h2-4,7-8,11-14,20H,5-6,9-10H2,1H3,(H,26,27)/t20-/m1/s1. The third-order valence-corrected chi connectivity index (χ3v) is 5.47. The summed E-state index contributed by atoms with van der Waals surface area (Å²) in [5.74, 6) is 0.810. The summed E-state index contributed by atoms with van der Waals surface area (Å²) in [6.45, 7) is 0.782. The zero-order chi connectivity index (χ0) is 19.6. The number of ether oxygens (including phenoxy) is 2. The minimum absolute atomic E-state index is 0.0362. The fourth-order valence-corrected chi connectivity index (χ4v) is 4.02. The third kappa shape index (κ3) is 3.25. The molecule has 0 spiro atoms. The summed E-state index contributed by atoms with van der Waals surface area (Å²) in [4.78, 5) is 9.11. The van der Waals surface area contributed by atoms with Crippen molar-refractivity contribution in [3.63, 3.8) is 0 Å². The Morgan fingerprint density at radius 1 is 1.10 bits per heavy atom. The van der Waals surface area contributed by atoms with E-state index in [9.17, 15) is 0 Å². The van der Waals surface area contributed by atoms with Gasteiger partial charge in [-0.15, -0.1) is 0 Å². The van der Waals surface area contributed by atoms with Crippen molar-refractivity contribution in [3.8, 4) is 28.3 Å². The highest BCUT2D eigenvalue weighted by Crippen LogP contribution is 2.39. The lowest BCUT2D eigenvalue weighted by molar-refractivity contribution is 0.0137. The molecule has 4 aromatic rings. The van der Waals surface area contributed by atoms with E-state index in [0.717, 1.165) is 70.6 Å². The van der Waals surface area contributed by atoms with Crippen molar-refractivity contribution in [2.45, 2.75) is 25.4 Å². The van der Waals surface area contributed by atoms with Crippen LogP contribution in [-0.4, -0.2) is 33.9 Å². The SMILES string of the molecule is COc1cc2ncnc(-c3cn[nH]c3-c3ccccc3)c2cc1[C@H]1CCCCO1. The van der Waals surface area contributed by atoms with Crippen molar-refractivity contribution in [1.82, 2.24) is 20.2 Å². The van der Waals surface area contributed by atoms with E-state index in [4.69, 9.17) is 9.47 Å². The number of aromatic nitrogens is 4. The normalized spacial score (nSPS) is 16.8. The number of fused-ring (bicyclic) bond motifs is 1. The molecule has 0 amide bonds. The van der Waals surface area contributed by atoms with Gasteiger partial charge in [-0.3, -0.25) is 5.10 Å². The van der Waals surface area contributed by atoms with Crippen molar-refractivity contribution in [2.24, 2.45) is 0 Å². The highest BCUT2D eigenvalue weighted by atomic mass is 16.5. The second-order valence-corrected chi connectivity index (χ2v) is 7.21. The summed E-state index contributed by atoms with van der Waals surface area (Å²) in [6, 6.07) is 14.3. The topological polar surface area (TPSA) is 72.9 Å². The molecule has 0 bridgehead atoms. The van der Waals surface area contributed by atoms with Gasteiger partial charge in [0, 0.05) is 34.7 Å². The molecule has 3 heterocycles. The number of rotatable bonds is 4. The van der Waals surface area contributed by atoms with E-state index in [2.05, 4.69) is 38.4 Å². The Morgan fingerprint density at radius 2 is 2.00 bits per heavy atom. The zero-order valence-electron chi connectivity index (χ0n) is 16.3. The Morgan fingerprint density at radius 3 is 2.79 bits per heavy atom. The van der Waals surface area contributed by atoms with Crippen LogP contribution in [-0.2, 0) is 4.74 Å². The number of hydrogen-bond donors (Lipinski definition) is 1. The maximum atomic E-state index is 6.04. The van der Waals surface area contributed by atoms with Gasteiger partial charge >= 0.3 is 0 Å². The van der Waals surface area contributed by atoms with Gasteiger partial charge in [-0.2, -0.15) is 5.10 Å². The Hall–Kier alpha value is -3.25. The lowest BCUT2D eigenvalue weighted by Gasteiger charge is -2.25. The summed E-state index contributed by atoms with van der Waals surface area (Å²) in [6.07, 6.45) is 6.71. The second kappa shape index (κ2) is 7.64. The van der Waals surface area contributed by atoms with Crippen LogP contribution in [0.1, 0.15) is 30.9 Å². The van der Waals surface area contributed by atoms with Gasteiger partial charge in [0.25, 0.3) is 0 Å². The smallest absolute Gasteiger partial charge is 0.126 e. The first-order valence-corrected chi connectivity index (χ1v) is 9.88. The monoisotopic (exact) mass is 386 g/mol. The van der Waals surface area contributed by atoms with Crippen LogP contribution < -0.4 is 4.74 Å². The van der Waals surface area contributed by atoms with Crippen LogP contribution in [0.2, 0.25) is 0 Å². The summed E-state index contributed by atoms with van der Waals surface area (Å²) < 4.78 is 11.7. The molecular formula is C23H22N4O2. The molecule has 5 rings (SSSR count). The van der Waals surface area contributed by atoms with Crippen molar-refractivity contribution < 1.29 is 9.47 Å². The predicted molar refractivity (Wildman–Crippen MR) is 112 cm³/mol. The quantitative estimate of drug-likeness (QED) is 0.538. The lowest BCUT2D eigenvalue weighted by Crippen LogP contribution is -2.12. The van der Waals surface area contributed by atoms with Crippen LogP contribution >= 0.6 is 0 Å². The molecule has 1 atom stereocenters. The Bertz CT molecular complexity index is 1130. The molecule has 1 aliphatic heterocycles. The summed E-state index contributed by atoms with van der Waals surface area (Å²) in [5, 5.41) is 8.39. The molecule has 1 N–H and O–H groups in total. The van der Waals surface area contributed by atoms with E-state index in [1.54, 1.807) is 13.4 Å².